The number of para-hydroxylation sites is 1. The van der Waals surface area contributed by atoms with Gasteiger partial charge in [-0.3, -0.25) is 0 Å². The van der Waals surface area contributed by atoms with Crippen LogP contribution >= 0.6 is 0 Å². The Balaban J connectivity index is 1.12. The molecule has 0 unspecified atom stereocenters. The zero-order valence-electron chi connectivity index (χ0n) is 29.5. The maximum absolute atomic E-state index is 6.59. The van der Waals surface area contributed by atoms with Crippen LogP contribution in [0.5, 0.6) is 0 Å². The van der Waals surface area contributed by atoms with Crippen LogP contribution in [-0.2, 0) is 0 Å². The van der Waals surface area contributed by atoms with Gasteiger partial charge in [-0.25, -0.2) is 4.98 Å². The fraction of sp³-hybridized carbons (Fsp3) is 0.0200. The van der Waals surface area contributed by atoms with E-state index >= 15 is 0 Å². The van der Waals surface area contributed by atoms with Crippen LogP contribution in [0.3, 0.4) is 0 Å². The third kappa shape index (κ3) is 4.81. The van der Waals surface area contributed by atoms with E-state index in [0.717, 1.165) is 88.3 Å². The van der Waals surface area contributed by atoms with E-state index in [2.05, 4.69) is 145 Å². The van der Waals surface area contributed by atoms with Gasteiger partial charge in [-0.2, -0.15) is 0 Å². The van der Waals surface area contributed by atoms with Gasteiger partial charge < -0.3 is 13.7 Å². The average Bonchev–Trinajstić information content (AvgIpc) is 3.83. The Labute approximate surface area is 311 Å². The Kier molecular flexibility index (Phi) is 6.73. The molecule has 0 amide bonds. The van der Waals surface area contributed by atoms with Gasteiger partial charge in [0.15, 0.2) is 5.58 Å². The summed E-state index contributed by atoms with van der Waals surface area (Å²) in [7, 11) is 0. The van der Waals surface area contributed by atoms with Crippen LogP contribution in [0.25, 0.3) is 87.9 Å². The number of nitrogens with zero attached hydrogens (tertiary/aromatic N) is 2. The number of aryl methyl sites for hydroxylation is 1. The molecule has 4 heteroatoms. The molecule has 0 aliphatic rings. The van der Waals surface area contributed by atoms with Gasteiger partial charge in [0.2, 0.25) is 5.89 Å². The van der Waals surface area contributed by atoms with E-state index in [-0.39, 0.29) is 0 Å². The van der Waals surface area contributed by atoms with Gasteiger partial charge in [0.25, 0.3) is 0 Å². The zero-order valence-corrected chi connectivity index (χ0v) is 29.5. The normalized spacial score (nSPS) is 11.8. The van der Waals surface area contributed by atoms with Crippen molar-refractivity contribution in [1.29, 1.82) is 0 Å². The highest BCUT2D eigenvalue weighted by molar-refractivity contribution is 6.19. The minimum Gasteiger partial charge on any atom is -0.456 e. The predicted octanol–water partition coefficient (Wildman–Crippen LogP) is 14.3. The molecule has 11 aromatic rings. The number of furan rings is 1. The lowest BCUT2D eigenvalue weighted by molar-refractivity contribution is 0.623. The molecule has 0 N–H and O–H groups in total. The Morgan fingerprint density at radius 2 is 1.17 bits per heavy atom. The van der Waals surface area contributed by atoms with Gasteiger partial charge in [0.1, 0.15) is 16.7 Å². The van der Waals surface area contributed by atoms with E-state index < -0.39 is 0 Å². The molecule has 0 saturated heterocycles. The molecule has 11 rings (SSSR count). The van der Waals surface area contributed by atoms with Crippen molar-refractivity contribution in [2.75, 3.05) is 4.90 Å². The Morgan fingerprint density at radius 3 is 2.06 bits per heavy atom. The van der Waals surface area contributed by atoms with Gasteiger partial charge in [0.05, 0.1) is 5.69 Å². The SMILES string of the molecule is Cc1cc(-c2ccc(N(c3ccc4ccc5ccc6nc(-c7ccccc7)oc6c5c4c3)c3cccc4ccccc34)cc2)c2c(c1)oc1ccccc12. The van der Waals surface area contributed by atoms with E-state index in [0.29, 0.717) is 5.89 Å². The minimum atomic E-state index is 0.623. The van der Waals surface area contributed by atoms with E-state index in [9.17, 15) is 0 Å². The summed E-state index contributed by atoms with van der Waals surface area (Å²) in [5, 5.41) is 9.06. The van der Waals surface area contributed by atoms with Crippen molar-refractivity contribution in [2.45, 2.75) is 6.92 Å². The molecular formula is C50H32N2O2. The van der Waals surface area contributed by atoms with Crippen molar-refractivity contribution < 1.29 is 8.83 Å². The number of fused-ring (bicyclic) bond motifs is 9. The number of anilines is 3. The van der Waals surface area contributed by atoms with Crippen LogP contribution in [0.4, 0.5) is 17.1 Å². The molecule has 0 atom stereocenters. The Bertz CT molecular complexity index is 3220. The monoisotopic (exact) mass is 692 g/mol. The molecule has 54 heavy (non-hydrogen) atoms. The predicted molar refractivity (Wildman–Crippen MR) is 224 cm³/mol. The first-order valence-electron chi connectivity index (χ1n) is 18.3. The number of hydrogen-bond donors (Lipinski definition) is 0. The van der Waals surface area contributed by atoms with Gasteiger partial charge in [0, 0.05) is 38.5 Å². The van der Waals surface area contributed by atoms with Crippen LogP contribution in [-0.4, -0.2) is 4.98 Å². The lowest BCUT2D eigenvalue weighted by atomic mass is 9.96. The number of benzene rings is 9. The van der Waals surface area contributed by atoms with Crippen molar-refractivity contribution in [3.05, 3.63) is 181 Å². The van der Waals surface area contributed by atoms with Gasteiger partial charge in [-0.1, -0.05) is 115 Å². The van der Waals surface area contributed by atoms with Gasteiger partial charge >= 0.3 is 0 Å². The number of aromatic nitrogens is 1. The number of oxazole rings is 1. The summed E-state index contributed by atoms with van der Waals surface area (Å²) in [4.78, 5) is 7.29. The molecule has 0 bridgehead atoms. The summed E-state index contributed by atoms with van der Waals surface area (Å²) in [6.07, 6.45) is 0. The zero-order chi connectivity index (χ0) is 35.8. The maximum Gasteiger partial charge on any atom is 0.227 e. The molecule has 0 saturated carbocycles. The standard InChI is InChI=1S/C50H32N2O2/c1-31-28-41(48-40-15-7-8-17-45(40)53-46(48)29-31)34-20-24-37(25-21-34)52(44-16-9-13-32-10-5-6-14-39(32)44)38-26-22-33-18-19-35-23-27-43-49(47(35)42(33)30-38)54-50(51-43)36-11-3-2-4-12-36/h2-30H,1H3. The van der Waals surface area contributed by atoms with Gasteiger partial charge in [-0.05, 0) is 106 Å². The van der Waals surface area contributed by atoms with E-state index in [1.807, 2.05) is 42.5 Å². The second kappa shape index (κ2) is 11.9. The molecule has 4 nitrogen and oxygen atoms in total. The third-order valence-electron chi connectivity index (χ3n) is 10.7. The Morgan fingerprint density at radius 1 is 0.463 bits per heavy atom. The van der Waals surface area contributed by atoms with E-state index in [4.69, 9.17) is 13.8 Å². The largest absolute Gasteiger partial charge is 0.456 e. The molecule has 0 aliphatic heterocycles. The van der Waals surface area contributed by atoms with Crippen molar-refractivity contribution in [1.82, 2.24) is 4.98 Å². The lowest BCUT2D eigenvalue weighted by Gasteiger charge is -2.27. The number of rotatable bonds is 5. The molecule has 9 aromatic carbocycles. The van der Waals surface area contributed by atoms with Crippen LogP contribution < -0.4 is 4.90 Å². The lowest BCUT2D eigenvalue weighted by Crippen LogP contribution is -2.10. The first-order valence-corrected chi connectivity index (χ1v) is 18.3. The van der Waals surface area contributed by atoms with Crippen LogP contribution in [0.1, 0.15) is 5.56 Å². The molecule has 254 valence electrons. The smallest absolute Gasteiger partial charge is 0.227 e. The van der Waals surface area contributed by atoms with Crippen molar-refractivity contribution in [3.63, 3.8) is 0 Å². The van der Waals surface area contributed by atoms with Gasteiger partial charge in [-0.15, -0.1) is 0 Å². The molecule has 0 radical (unpaired) electrons. The Hall–Kier alpha value is -7.17. The molecule has 2 aromatic heterocycles. The summed E-state index contributed by atoms with van der Waals surface area (Å²) in [5.74, 6) is 0.623. The maximum atomic E-state index is 6.59. The quantitative estimate of drug-likeness (QED) is 0.168. The second-order valence-corrected chi connectivity index (χ2v) is 14.0. The first kappa shape index (κ1) is 30.5. The van der Waals surface area contributed by atoms with Crippen molar-refractivity contribution >= 4 is 82.4 Å². The molecule has 0 aliphatic carbocycles. The number of hydrogen-bond acceptors (Lipinski definition) is 4. The first-order chi connectivity index (χ1) is 26.7. The third-order valence-corrected chi connectivity index (χ3v) is 10.7. The topological polar surface area (TPSA) is 42.4 Å². The average molecular weight is 693 g/mol. The summed E-state index contributed by atoms with van der Waals surface area (Å²) in [5.41, 5.74) is 11.1. The molecule has 0 spiro atoms. The summed E-state index contributed by atoms with van der Waals surface area (Å²) >= 11 is 0. The molecular weight excluding hydrogens is 661 g/mol. The summed E-state index contributed by atoms with van der Waals surface area (Å²) in [6, 6.07) is 62.2. The summed E-state index contributed by atoms with van der Waals surface area (Å²) < 4.78 is 12.9. The highest BCUT2D eigenvalue weighted by Gasteiger charge is 2.20. The van der Waals surface area contributed by atoms with Crippen molar-refractivity contribution in [2.24, 2.45) is 0 Å². The molecule has 0 fully saturated rings. The highest BCUT2D eigenvalue weighted by atomic mass is 16.3. The van der Waals surface area contributed by atoms with Crippen LogP contribution in [0.2, 0.25) is 0 Å². The van der Waals surface area contributed by atoms with Crippen LogP contribution in [0, 0.1) is 6.92 Å². The molecule has 2 heterocycles. The van der Waals surface area contributed by atoms with Crippen molar-refractivity contribution in [3.8, 4) is 22.6 Å². The minimum absolute atomic E-state index is 0.623. The second-order valence-electron chi connectivity index (χ2n) is 14.0. The fourth-order valence-corrected chi connectivity index (χ4v) is 8.19. The van der Waals surface area contributed by atoms with E-state index in [1.165, 1.54) is 16.3 Å². The van der Waals surface area contributed by atoms with E-state index in [1.54, 1.807) is 0 Å². The summed E-state index contributed by atoms with van der Waals surface area (Å²) in [6.45, 7) is 2.13. The highest BCUT2D eigenvalue weighted by Crippen LogP contribution is 2.44. The fourth-order valence-electron chi connectivity index (χ4n) is 8.19. The van der Waals surface area contributed by atoms with Crippen LogP contribution in [0.15, 0.2) is 185 Å².